The summed E-state index contributed by atoms with van der Waals surface area (Å²) in [6.45, 7) is 2.17. The van der Waals surface area contributed by atoms with Crippen LogP contribution in [0.4, 0.5) is 0 Å². The number of nitrogens with one attached hydrogen (secondary N) is 1. The lowest BCUT2D eigenvalue weighted by Gasteiger charge is -2.32. The number of carbonyl (C=O) groups is 1. The topological polar surface area (TPSA) is 61.8 Å². The Morgan fingerprint density at radius 2 is 2.06 bits per heavy atom. The summed E-state index contributed by atoms with van der Waals surface area (Å²) in [5, 5.41) is 12.4. The number of carboxylic acids is 1. The summed E-state index contributed by atoms with van der Waals surface area (Å²) in [6, 6.07) is 0.459. The van der Waals surface area contributed by atoms with Gasteiger partial charge in [0.05, 0.1) is 0 Å². The van der Waals surface area contributed by atoms with E-state index in [1.807, 2.05) is 7.05 Å². The minimum Gasteiger partial charge on any atom is -0.480 e. The summed E-state index contributed by atoms with van der Waals surface area (Å²) in [4.78, 5) is 13.3. The summed E-state index contributed by atoms with van der Waals surface area (Å²) in [7, 11) is 2.01. The van der Waals surface area contributed by atoms with Gasteiger partial charge in [-0.3, -0.25) is 4.79 Å². The van der Waals surface area contributed by atoms with Crippen molar-refractivity contribution in [1.82, 2.24) is 10.2 Å². The number of hydrogen-bond donors (Lipinski definition) is 2. The Morgan fingerprint density at radius 3 is 2.59 bits per heavy atom. The number of ether oxygens (including phenoxy) is 1. The molecule has 1 aliphatic heterocycles. The molecular formula is C12H22N2O3. The second kappa shape index (κ2) is 5.80. The Bertz CT molecular complexity index is 262. The molecule has 1 saturated carbocycles. The quantitative estimate of drug-likeness (QED) is 0.701. The van der Waals surface area contributed by atoms with Crippen LogP contribution in [0, 0.1) is 0 Å². The standard InChI is InChI=1S/C12H22N2O3/c1-14(10-4-6-17-7-5-10)8-11(12(15)16)13-9-2-3-9/h9-11,13H,2-8H2,1H3,(H,15,16). The highest BCUT2D eigenvalue weighted by Crippen LogP contribution is 2.20. The minimum atomic E-state index is -0.740. The predicted molar refractivity (Wildman–Crippen MR) is 64.1 cm³/mol. The fourth-order valence-corrected chi connectivity index (χ4v) is 2.30. The molecule has 2 N–H and O–H groups in total. The minimum absolute atomic E-state index is 0.430. The molecule has 2 rings (SSSR count). The molecule has 0 bridgehead atoms. The van der Waals surface area contributed by atoms with E-state index in [0.29, 0.717) is 18.6 Å². The number of carboxylic acid groups (broad SMARTS) is 1. The van der Waals surface area contributed by atoms with E-state index in [4.69, 9.17) is 4.74 Å². The maximum absolute atomic E-state index is 11.2. The molecular weight excluding hydrogens is 220 g/mol. The monoisotopic (exact) mass is 242 g/mol. The van der Waals surface area contributed by atoms with Gasteiger partial charge in [0.25, 0.3) is 0 Å². The van der Waals surface area contributed by atoms with Gasteiger partial charge in [-0.15, -0.1) is 0 Å². The molecule has 1 saturated heterocycles. The Balaban J connectivity index is 1.80. The van der Waals surface area contributed by atoms with Crippen LogP contribution in [-0.2, 0) is 9.53 Å². The van der Waals surface area contributed by atoms with E-state index in [0.717, 1.165) is 38.9 Å². The smallest absolute Gasteiger partial charge is 0.322 e. The lowest BCUT2D eigenvalue weighted by Crippen LogP contribution is -2.49. The van der Waals surface area contributed by atoms with Crippen LogP contribution in [-0.4, -0.2) is 60.9 Å². The molecule has 98 valence electrons. The number of nitrogens with zero attached hydrogens (tertiary/aromatic N) is 1. The van der Waals surface area contributed by atoms with Crippen molar-refractivity contribution in [3.05, 3.63) is 0 Å². The molecule has 0 radical (unpaired) electrons. The van der Waals surface area contributed by atoms with Crippen LogP contribution in [0.5, 0.6) is 0 Å². The van der Waals surface area contributed by atoms with Gasteiger partial charge in [0, 0.05) is 31.8 Å². The van der Waals surface area contributed by atoms with Crippen LogP contribution in [0.3, 0.4) is 0 Å². The SMILES string of the molecule is CN(CC(NC1CC1)C(=O)O)C1CCOCC1. The molecule has 0 aromatic heterocycles. The van der Waals surface area contributed by atoms with E-state index < -0.39 is 12.0 Å². The first kappa shape index (κ1) is 12.8. The third-order valence-electron chi connectivity index (χ3n) is 3.60. The van der Waals surface area contributed by atoms with Crippen LogP contribution in [0.15, 0.2) is 0 Å². The summed E-state index contributed by atoms with van der Waals surface area (Å²) in [6.07, 6.45) is 4.24. The molecule has 1 atom stereocenters. The van der Waals surface area contributed by atoms with Gasteiger partial charge in [-0.2, -0.15) is 0 Å². The van der Waals surface area contributed by atoms with E-state index in [1.54, 1.807) is 0 Å². The van der Waals surface area contributed by atoms with Gasteiger partial charge in [-0.25, -0.2) is 0 Å². The normalized spacial score (nSPS) is 23.9. The van der Waals surface area contributed by atoms with Crippen molar-refractivity contribution < 1.29 is 14.6 Å². The van der Waals surface area contributed by atoms with E-state index in [-0.39, 0.29) is 0 Å². The van der Waals surface area contributed by atoms with E-state index in [2.05, 4.69) is 10.2 Å². The largest absolute Gasteiger partial charge is 0.480 e. The molecule has 0 amide bonds. The van der Waals surface area contributed by atoms with Gasteiger partial charge in [-0.05, 0) is 32.7 Å². The molecule has 1 aliphatic carbocycles. The molecule has 0 spiro atoms. The summed E-state index contributed by atoms with van der Waals surface area (Å²) >= 11 is 0. The Hall–Kier alpha value is -0.650. The molecule has 0 aromatic carbocycles. The van der Waals surface area contributed by atoms with E-state index in [1.165, 1.54) is 0 Å². The second-order valence-corrected chi connectivity index (χ2v) is 5.11. The van der Waals surface area contributed by atoms with Gasteiger partial charge < -0.3 is 20.1 Å². The fourth-order valence-electron chi connectivity index (χ4n) is 2.30. The van der Waals surface area contributed by atoms with Crippen molar-refractivity contribution in [2.24, 2.45) is 0 Å². The molecule has 2 aliphatic rings. The maximum Gasteiger partial charge on any atom is 0.322 e. The first-order valence-electron chi connectivity index (χ1n) is 6.43. The van der Waals surface area contributed by atoms with E-state index in [9.17, 15) is 9.90 Å². The van der Waals surface area contributed by atoms with E-state index >= 15 is 0 Å². The van der Waals surface area contributed by atoms with Crippen LogP contribution in [0.1, 0.15) is 25.7 Å². The number of aliphatic carboxylic acids is 1. The van der Waals surface area contributed by atoms with Crippen LogP contribution in [0.2, 0.25) is 0 Å². The van der Waals surface area contributed by atoms with Crippen LogP contribution < -0.4 is 5.32 Å². The van der Waals surface area contributed by atoms with Crippen molar-refractivity contribution in [3.8, 4) is 0 Å². The van der Waals surface area contributed by atoms with Crippen molar-refractivity contribution in [2.75, 3.05) is 26.8 Å². The van der Waals surface area contributed by atoms with Gasteiger partial charge in [0.2, 0.25) is 0 Å². The molecule has 2 fully saturated rings. The highest BCUT2D eigenvalue weighted by atomic mass is 16.5. The third-order valence-corrected chi connectivity index (χ3v) is 3.60. The summed E-state index contributed by atoms with van der Waals surface area (Å²) in [5.41, 5.74) is 0. The zero-order valence-electron chi connectivity index (χ0n) is 10.4. The van der Waals surface area contributed by atoms with Gasteiger partial charge >= 0.3 is 5.97 Å². The molecule has 5 heteroatoms. The Labute approximate surface area is 102 Å². The zero-order chi connectivity index (χ0) is 12.3. The number of likely N-dealkylation sites (N-methyl/N-ethyl adjacent to an activating group) is 1. The highest BCUT2D eigenvalue weighted by molar-refractivity contribution is 5.73. The first-order chi connectivity index (χ1) is 8.16. The van der Waals surface area contributed by atoms with Crippen LogP contribution >= 0.6 is 0 Å². The fraction of sp³-hybridized carbons (Fsp3) is 0.917. The van der Waals surface area contributed by atoms with Crippen LogP contribution in [0.25, 0.3) is 0 Å². The van der Waals surface area contributed by atoms with Crippen molar-refractivity contribution >= 4 is 5.97 Å². The Kier molecular flexibility index (Phi) is 4.36. The summed E-state index contributed by atoms with van der Waals surface area (Å²) < 4.78 is 5.32. The number of rotatable bonds is 6. The molecule has 0 aromatic rings. The highest BCUT2D eigenvalue weighted by Gasteiger charge is 2.30. The van der Waals surface area contributed by atoms with Gasteiger partial charge in [-0.1, -0.05) is 0 Å². The average molecular weight is 242 g/mol. The molecule has 17 heavy (non-hydrogen) atoms. The zero-order valence-corrected chi connectivity index (χ0v) is 10.4. The molecule has 1 heterocycles. The van der Waals surface area contributed by atoms with Gasteiger partial charge in [0.1, 0.15) is 6.04 Å². The summed E-state index contributed by atoms with van der Waals surface area (Å²) in [5.74, 6) is -0.740. The van der Waals surface area contributed by atoms with Crippen molar-refractivity contribution in [2.45, 2.75) is 43.8 Å². The molecule has 1 unspecified atom stereocenters. The second-order valence-electron chi connectivity index (χ2n) is 5.11. The predicted octanol–water partition coefficient (Wildman–Crippen LogP) is 0.302. The first-order valence-corrected chi connectivity index (χ1v) is 6.43. The van der Waals surface area contributed by atoms with Gasteiger partial charge in [0.15, 0.2) is 0 Å². The lowest BCUT2D eigenvalue weighted by molar-refractivity contribution is -0.140. The Morgan fingerprint density at radius 1 is 1.41 bits per heavy atom. The number of hydrogen-bond acceptors (Lipinski definition) is 4. The van der Waals surface area contributed by atoms with Crippen molar-refractivity contribution in [3.63, 3.8) is 0 Å². The maximum atomic E-state index is 11.2. The average Bonchev–Trinajstić information content (AvgIpc) is 3.13. The molecule has 5 nitrogen and oxygen atoms in total. The third kappa shape index (κ3) is 3.94. The van der Waals surface area contributed by atoms with Crippen molar-refractivity contribution in [1.29, 1.82) is 0 Å². The lowest BCUT2D eigenvalue weighted by atomic mass is 10.1.